The van der Waals surface area contributed by atoms with Crippen molar-refractivity contribution in [2.75, 3.05) is 13.1 Å². The molecule has 0 unspecified atom stereocenters. The fourth-order valence-electron chi connectivity index (χ4n) is 4.47. The van der Waals surface area contributed by atoms with Gasteiger partial charge in [0.25, 0.3) is 5.91 Å². The van der Waals surface area contributed by atoms with Gasteiger partial charge in [0.15, 0.2) is 5.82 Å². The van der Waals surface area contributed by atoms with Crippen LogP contribution in [-0.4, -0.2) is 44.9 Å². The second-order valence-corrected chi connectivity index (χ2v) is 9.14. The molecule has 0 aliphatic carbocycles. The van der Waals surface area contributed by atoms with Crippen molar-refractivity contribution in [1.82, 2.24) is 25.2 Å². The predicted octanol–water partition coefficient (Wildman–Crippen LogP) is 5.05. The molecule has 1 aliphatic heterocycles. The van der Waals surface area contributed by atoms with Crippen molar-refractivity contribution in [2.24, 2.45) is 0 Å². The zero-order valence-corrected chi connectivity index (χ0v) is 20.2. The van der Waals surface area contributed by atoms with Crippen molar-refractivity contribution in [2.45, 2.75) is 32.4 Å². The maximum atomic E-state index is 13.5. The second kappa shape index (κ2) is 10.7. The highest BCUT2D eigenvalue weighted by atomic mass is 19.1. The number of likely N-dealkylation sites (tertiary alicyclic amines) is 1. The highest BCUT2D eigenvalue weighted by molar-refractivity contribution is 5.94. The number of piperidine rings is 1. The highest BCUT2D eigenvalue weighted by Gasteiger charge is 2.22. The lowest BCUT2D eigenvalue weighted by atomic mass is 10.0. The standard InChI is InChI=1S/C29H28FN5O/c1-20-24(18-32-28(33-20)21-6-3-2-4-7-21)19-35-14-12-26(13-15-35)34-29(36)23-10-11-27(31-17-23)22-8-5-9-25(30)16-22/h2-11,16-18,26H,12-15,19H2,1H3,(H,34,36). The molecular weight excluding hydrogens is 453 g/mol. The van der Waals surface area contributed by atoms with Crippen LogP contribution in [0.15, 0.2) is 79.1 Å². The first-order valence-electron chi connectivity index (χ1n) is 12.2. The van der Waals surface area contributed by atoms with E-state index in [9.17, 15) is 9.18 Å². The molecule has 2 aromatic heterocycles. The molecule has 0 bridgehead atoms. The average molecular weight is 482 g/mol. The molecule has 6 nitrogen and oxygen atoms in total. The maximum Gasteiger partial charge on any atom is 0.253 e. The number of halogens is 1. The molecule has 5 rings (SSSR count). The summed E-state index contributed by atoms with van der Waals surface area (Å²) in [5.41, 5.74) is 4.96. The van der Waals surface area contributed by atoms with Crippen LogP contribution in [0.25, 0.3) is 22.6 Å². The summed E-state index contributed by atoms with van der Waals surface area (Å²) >= 11 is 0. The molecule has 1 aliphatic rings. The smallest absolute Gasteiger partial charge is 0.253 e. The van der Waals surface area contributed by atoms with Crippen LogP contribution >= 0.6 is 0 Å². The molecule has 1 saturated heterocycles. The fourth-order valence-corrected chi connectivity index (χ4v) is 4.47. The number of carbonyl (C=O) groups is 1. The Labute approximate surface area is 210 Å². The lowest BCUT2D eigenvalue weighted by Gasteiger charge is -2.32. The number of aromatic nitrogens is 3. The second-order valence-electron chi connectivity index (χ2n) is 9.14. The molecule has 0 saturated carbocycles. The molecule has 0 radical (unpaired) electrons. The first-order valence-corrected chi connectivity index (χ1v) is 12.2. The number of amides is 1. The lowest BCUT2D eigenvalue weighted by molar-refractivity contribution is 0.0908. The van der Waals surface area contributed by atoms with Gasteiger partial charge in [0.05, 0.1) is 11.3 Å². The van der Waals surface area contributed by atoms with Gasteiger partial charge < -0.3 is 5.32 Å². The zero-order chi connectivity index (χ0) is 24.9. The van der Waals surface area contributed by atoms with Crippen molar-refractivity contribution in [3.8, 4) is 22.6 Å². The van der Waals surface area contributed by atoms with E-state index in [0.29, 0.717) is 16.8 Å². The fraction of sp³-hybridized carbons (Fsp3) is 0.241. The van der Waals surface area contributed by atoms with Crippen molar-refractivity contribution < 1.29 is 9.18 Å². The third kappa shape index (κ3) is 5.63. The van der Waals surface area contributed by atoms with Gasteiger partial charge in [-0.3, -0.25) is 14.7 Å². The maximum absolute atomic E-state index is 13.5. The van der Waals surface area contributed by atoms with Gasteiger partial charge in [-0.2, -0.15) is 0 Å². The molecule has 0 spiro atoms. The van der Waals surface area contributed by atoms with E-state index in [-0.39, 0.29) is 17.8 Å². The SMILES string of the molecule is Cc1nc(-c2ccccc2)ncc1CN1CCC(NC(=O)c2ccc(-c3cccc(F)c3)nc2)CC1. The Morgan fingerprint density at radius 1 is 0.972 bits per heavy atom. The lowest BCUT2D eigenvalue weighted by Crippen LogP contribution is -2.44. The molecule has 7 heteroatoms. The number of hydrogen-bond acceptors (Lipinski definition) is 5. The summed E-state index contributed by atoms with van der Waals surface area (Å²) in [6.07, 6.45) is 5.23. The zero-order valence-electron chi connectivity index (χ0n) is 20.2. The summed E-state index contributed by atoms with van der Waals surface area (Å²) in [7, 11) is 0. The van der Waals surface area contributed by atoms with Gasteiger partial charge in [0, 0.05) is 60.5 Å². The summed E-state index contributed by atoms with van der Waals surface area (Å²) in [6, 6.07) is 19.9. The van der Waals surface area contributed by atoms with Gasteiger partial charge in [0.1, 0.15) is 5.82 Å². The van der Waals surface area contributed by atoms with Crippen LogP contribution < -0.4 is 5.32 Å². The van der Waals surface area contributed by atoms with Crippen LogP contribution in [0.2, 0.25) is 0 Å². The largest absolute Gasteiger partial charge is 0.349 e. The Bertz CT molecular complexity index is 1340. The van der Waals surface area contributed by atoms with E-state index in [4.69, 9.17) is 4.98 Å². The Morgan fingerprint density at radius 3 is 2.44 bits per heavy atom. The number of benzene rings is 2. The summed E-state index contributed by atoms with van der Waals surface area (Å²) in [6.45, 7) is 4.61. The van der Waals surface area contributed by atoms with Crippen molar-refractivity contribution >= 4 is 5.91 Å². The number of nitrogens with zero attached hydrogens (tertiary/aromatic N) is 4. The number of aryl methyl sites for hydroxylation is 1. The van der Waals surface area contributed by atoms with Gasteiger partial charge in [-0.15, -0.1) is 0 Å². The molecule has 4 aromatic rings. The molecule has 2 aromatic carbocycles. The quantitative estimate of drug-likeness (QED) is 0.417. The number of carbonyl (C=O) groups excluding carboxylic acids is 1. The molecular formula is C29H28FN5O. The van der Waals surface area contributed by atoms with Crippen LogP contribution in [0.3, 0.4) is 0 Å². The van der Waals surface area contributed by atoms with E-state index in [1.165, 1.54) is 12.1 Å². The van der Waals surface area contributed by atoms with Crippen LogP contribution in [-0.2, 0) is 6.54 Å². The van der Waals surface area contributed by atoms with Gasteiger partial charge in [-0.05, 0) is 44.0 Å². The molecule has 36 heavy (non-hydrogen) atoms. The monoisotopic (exact) mass is 481 g/mol. The number of rotatable bonds is 6. The number of nitrogens with one attached hydrogen (secondary N) is 1. The first kappa shape index (κ1) is 23.8. The van der Waals surface area contributed by atoms with Crippen molar-refractivity contribution in [1.29, 1.82) is 0 Å². The molecule has 1 N–H and O–H groups in total. The van der Waals surface area contributed by atoms with Crippen molar-refractivity contribution in [3.63, 3.8) is 0 Å². The third-order valence-electron chi connectivity index (χ3n) is 6.58. The van der Waals surface area contributed by atoms with Gasteiger partial charge in [0.2, 0.25) is 0 Å². The minimum absolute atomic E-state index is 0.120. The van der Waals surface area contributed by atoms with E-state index >= 15 is 0 Å². The number of hydrogen-bond donors (Lipinski definition) is 1. The summed E-state index contributed by atoms with van der Waals surface area (Å²) in [5.74, 6) is 0.304. The molecule has 3 heterocycles. The van der Waals surface area contributed by atoms with Gasteiger partial charge in [-0.1, -0.05) is 42.5 Å². The van der Waals surface area contributed by atoms with Crippen LogP contribution in [0, 0.1) is 12.7 Å². The van der Waals surface area contributed by atoms with Crippen LogP contribution in [0.4, 0.5) is 4.39 Å². The minimum atomic E-state index is -0.311. The average Bonchev–Trinajstić information content (AvgIpc) is 2.91. The normalized spacial score (nSPS) is 14.5. The van der Waals surface area contributed by atoms with E-state index in [1.54, 1.807) is 30.5 Å². The molecule has 182 valence electrons. The van der Waals surface area contributed by atoms with E-state index in [0.717, 1.165) is 55.1 Å². The first-order chi connectivity index (χ1) is 17.5. The summed E-state index contributed by atoms with van der Waals surface area (Å²) in [5, 5.41) is 3.13. The van der Waals surface area contributed by atoms with Gasteiger partial charge in [-0.25, -0.2) is 14.4 Å². The topological polar surface area (TPSA) is 71.0 Å². The van der Waals surface area contributed by atoms with Crippen LogP contribution in [0.1, 0.15) is 34.5 Å². The Morgan fingerprint density at radius 2 is 1.75 bits per heavy atom. The third-order valence-corrected chi connectivity index (χ3v) is 6.58. The van der Waals surface area contributed by atoms with E-state index in [2.05, 4.69) is 20.2 Å². The molecule has 0 atom stereocenters. The summed E-state index contributed by atoms with van der Waals surface area (Å²) in [4.78, 5) is 28.8. The molecule has 1 amide bonds. The van der Waals surface area contributed by atoms with Crippen molar-refractivity contribution in [3.05, 3.63) is 102 Å². The Balaban J connectivity index is 1.13. The summed E-state index contributed by atoms with van der Waals surface area (Å²) < 4.78 is 13.5. The minimum Gasteiger partial charge on any atom is -0.349 e. The van der Waals surface area contributed by atoms with E-state index < -0.39 is 0 Å². The highest BCUT2D eigenvalue weighted by Crippen LogP contribution is 2.20. The van der Waals surface area contributed by atoms with Gasteiger partial charge >= 0.3 is 0 Å². The Hall–Kier alpha value is -3.97. The van der Waals surface area contributed by atoms with E-state index in [1.807, 2.05) is 43.5 Å². The number of pyridine rings is 1. The van der Waals surface area contributed by atoms with Crippen LogP contribution in [0.5, 0.6) is 0 Å². The predicted molar refractivity (Wildman–Crippen MR) is 138 cm³/mol. The Kier molecular flexibility index (Phi) is 7.09. The molecule has 1 fully saturated rings.